The molecule has 0 rings (SSSR count). The van der Waals surface area contributed by atoms with Gasteiger partial charge in [-0.25, -0.2) is 0 Å². The van der Waals surface area contributed by atoms with E-state index in [9.17, 15) is 23.1 Å². The average Bonchev–Trinajstić information content (AvgIpc) is 2.14. The van der Waals surface area contributed by atoms with E-state index in [1.807, 2.05) is 0 Å². The molecule has 0 spiro atoms. The van der Waals surface area contributed by atoms with Crippen LogP contribution in [-0.4, -0.2) is 29.0 Å². The molecule has 0 fully saturated rings. The largest absolute Gasteiger partial charge is 0.462 e. The van der Waals surface area contributed by atoms with Crippen LogP contribution in [0.25, 0.3) is 0 Å². The van der Waals surface area contributed by atoms with Gasteiger partial charge in [0.2, 0.25) is 0 Å². The first-order valence-corrected chi connectivity index (χ1v) is 5.83. The van der Waals surface area contributed by atoms with Gasteiger partial charge in [0.1, 0.15) is 6.10 Å². The molecule has 0 bridgehead atoms. The molecular formula is C12H21F3O3. The van der Waals surface area contributed by atoms with Crippen LogP contribution in [-0.2, 0) is 9.53 Å². The molecule has 0 aliphatic carbocycles. The van der Waals surface area contributed by atoms with E-state index in [0.717, 1.165) is 0 Å². The van der Waals surface area contributed by atoms with Gasteiger partial charge in [-0.2, -0.15) is 13.2 Å². The van der Waals surface area contributed by atoms with Gasteiger partial charge in [-0.15, -0.1) is 0 Å². The predicted molar refractivity (Wildman–Crippen MR) is 60.9 cm³/mol. The Morgan fingerprint density at radius 3 is 2.06 bits per heavy atom. The lowest BCUT2D eigenvalue weighted by molar-refractivity contribution is -0.261. The van der Waals surface area contributed by atoms with E-state index in [4.69, 9.17) is 4.74 Å². The zero-order chi connectivity index (χ0) is 14.8. The zero-order valence-corrected chi connectivity index (χ0v) is 11.4. The molecule has 6 heteroatoms. The van der Waals surface area contributed by atoms with Crippen molar-refractivity contribution in [3.63, 3.8) is 0 Å². The van der Waals surface area contributed by atoms with Crippen LogP contribution in [0.1, 0.15) is 47.5 Å². The molecule has 2 atom stereocenters. The normalized spacial score (nSPS) is 18.1. The second-order valence-corrected chi connectivity index (χ2v) is 5.43. The SMILES string of the molecule is CCC(C)(C)C(=O)OC(C)CC(C)(O)C(F)(F)F. The molecule has 0 aliphatic heterocycles. The lowest BCUT2D eigenvalue weighted by atomic mass is 9.90. The van der Waals surface area contributed by atoms with Crippen LogP contribution in [0.3, 0.4) is 0 Å². The van der Waals surface area contributed by atoms with Crippen molar-refractivity contribution >= 4 is 5.97 Å². The van der Waals surface area contributed by atoms with E-state index >= 15 is 0 Å². The van der Waals surface area contributed by atoms with Crippen LogP contribution in [0.15, 0.2) is 0 Å². The molecule has 18 heavy (non-hydrogen) atoms. The summed E-state index contributed by atoms with van der Waals surface area (Å²) in [6.45, 7) is 7.11. The Kier molecular flexibility index (Phi) is 5.23. The van der Waals surface area contributed by atoms with Crippen LogP contribution in [0, 0.1) is 5.41 Å². The summed E-state index contributed by atoms with van der Waals surface area (Å²) < 4.78 is 42.3. The maximum Gasteiger partial charge on any atom is 0.417 e. The van der Waals surface area contributed by atoms with Gasteiger partial charge in [-0.05, 0) is 34.1 Å². The van der Waals surface area contributed by atoms with Crippen molar-refractivity contribution in [2.75, 3.05) is 0 Å². The number of alkyl halides is 3. The van der Waals surface area contributed by atoms with Crippen LogP contribution >= 0.6 is 0 Å². The summed E-state index contributed by atoms with van der Waals surface area (Å²) in [6, 6.07) is 0. The van der Waals surface area contributed by atoms with E-state index in [1.54, 1.807) is 20.8 Å². The molecule has 0 aromatic carbocycles. The summed E-state index contributed by atoms with van der Waals surface area (Å²) >= 11 is 0. The lowest BCUT2D eigenvalue weighted by Gasteiger charge is -2.30. The fourth-order valence-corrected chi connectivity index (χ4v) is 1.20. The zero-order valence-electron chi connectivity index (χ0n) is 11.4. The number of esters is 1. The average molecular weight is 270 g/mol. The van der Waals surface area contributed by atoms with E-state index in [1.165, 1.54) is 6.92 Å². The lowest BCUT2D eigenvalue weighted by Crippen LogP contribution is -2.45. The van der Waals surface area contributed by atoms with Crippen LogP contribution < -0.4 is 0 Å². The fraction of sp³-hybridized carbons (Fsp3) is 0.917. The Morgan fingerprint density at radius 1 is 1.28 bits per heavy atom. The maximum atomic E-state index is 12.4. The number of hydrogen-bond acceptors (Lipinski definition) is 3. The van der Waals surface area contributed by atoms with Crippen molar-refractivity contribution in [3.8, 4) is 0 Å². The molecule has 0 saturated heterocycles. The molecule has 108 valence electrons. The Hall–Kier alpha value is -0.780. The minimum Gasteiger partial charge on any atom is -0.462 e. The molecule has 0 heterocycles. The van der Waals surface area contributed by atoms with Gasteiger partial charge in [0.25, 0.3) is 0 Å². The minimum absolute atomic E-state index is 0.522. The topological polar surface area (TPSA) is 46.5 Å². The summed E-state index contributed by atoms with van der Waals surface area (Å²) in [6.07, 6.45) is -5.90. The van der Waals surface area contributed by atoms with E-state index in [0.29, 0.717) is 13.3 Å². The highest BCUT2D eigenvalue weighted by Crippen LogP contribution is 2.34. The van der Waals surface area contributed by atoms with Gasteiger partial charge in [0.05, 0.1) is 5.41 Å². The first-order valence-electron chi connectivity index (χ1n) is 5.83. The van der Waals surface area contributed by atoms with Crippen molar-refractivity contribution in [2.45, 2.75) is 65.3 Å². The number of halogens is 3. The van der Waals surface area contributed by atoms with Crippen LogP contribution in [0.2, 0.25) is 0 Å². The fourth-order valence-electron chi connectivity index (χ4n) is 1.20. The Morgan fingerprint density at radius 2 is 1.72 bits per heavy atom. The van der Waals surface area contributed by atoms with Crippen LogP contribution in [0.4, 0.5) is 13.2 Å². The molecule has 0 aliphatic rings. The summed E-state index contributed by atoms with van der Waals surface area (Å²) in [7, 11) is 0. The highest BCUT2D eigenvalue weighted by Gasteiger charge is 2.50. The van der Waals surface area contributed by atoms with Gasteiger partial charge in [0.15, 0.2) is 5.60 Å². The Labute approximate surface area is 105 Å². The third kappa shape index (κ3) is 4.48. The maximum absolute atomic E-state index is 12.4. The van der Waals surface area contributed by atoms with E-state index in [-0.39, 0.29) is 0 Å². The predicted octanol–water partition coefficient (Wildman–Crippen LogP) is 3.06. The first-order chi connectivity index (χ1) is 7.83. The molecule has 2 unspecified atom stereocenters. The number of rotatable bonds is 5. The van der Waals surface area contributed by atoms with Gasteiger partial charge < -0.3 is 9.84 Å². The summed E-state index contributed by atoms with van der Waals surface area (Å²) in [5, 5.41) is 9.28. The van der Waals surface area contributed by atoms with Crippen molar-refractivity contribution in [1.82, 2.24) is 0 Å². The quantitative estimate of drug-likeness (QED) is 0.781. The molecular weight excluding hydrogens is 249 g/mol. The highest BCUT2D eigenvalue weighted by molar-refractivity contribution is 5.75. The number of carbonyl (C=O) groups excluding carboxylic acids is 1. The number of hydrogen-bond donors (Lipinski definition) is 1. The minimum atomic E-state index is -4.74. The molecule has 0 amide bonds. The standard InChI is InChI=1S/C12H21F3O3/c1-6-10(3,4)9(16)18-8(2)7-11(5,17)12(13,14)15/h8,17H,6-7H2,1-5H3. The first kappa shape index (κ1) is 17.2. The molecule has 1 N–H and O–H groups in total. The van der Waals surface area contributed by atoms with Gasteiger partial charge >= 0.3 is 12.1 Å². The summed E-state index contributed by atoms with van der Waals surface area (Å²) in [5.74, 6) is -0.560. The van der Waals surface area contributed by atoms with Gasteiger partial charge in [-0.1, -0.05) is 6.92 Å². The van der Waals surface area contributed by atoms with Crippen LogP contribution in [0.5, 0.6) is 0 Å². The van der Waals surface area contributed by atoms with E-state index < -0.39 is 35.7 Å². The number of carbonyl (C=O) groups is 1. The van der Waals surface area contributed by atoms with Crippen molar-refractivity contribution in [2.24, 2.45) is 5.41 Å². The molecule has 0 saturated carbocycles. The number of ether oxygens (including phenoxy) is 1. The van der Waals surface area contributed by atoms with Crippen molar-refractivity contribution < 1.29 is 27.8 Å². The smallest absolute Gasteiger partial charge is 0.417 e. The Bertz CT molecular complexity index is 295. The molecule has 0 aromatic rings. The van der Waals surface area contributed by atoms with Crippen molar-refractivity contribution in [1.29, 1.82) is 0 Å². The third-order valence-corrected chi connectivity index (χ3v) is 3.04. The van der Waals surface area contributed by atoms with E-state index in [2.05, 4.69) is 0 Å². The van der Waals surface area contributed by atoms with Gasteiger partial charge in [-0.3, -0.25) is 4.79 Å². The molecule has 0 aromatic heterocycles. The second-order valence-electron chi connectivity index (χ2n) is 5.43. The van der Waals surface area contributed by atoms with Crippen molar-refractivity contribution in [3.05, 3.63) is 0 Å². The molecule has 3 nitrogen and oxygen atoms in total. The highest BCUT2D eigenvalue weighted by atomic mass is 19.4. The Balaban J connectivity index is 4.55. The summed E-state index contributed by atoms with van der Waals surface area (Å²) in [5.41, 5.74) is -3.60. The molecule has 0 radical (unpaired) electrons. The van der Waals surface area contributed by atoms with Gasteiger partial charge in [0, 0.05) is 6.42 Å². The monoisotopic (exact) mass is 270 g/mol. The number of aliphatic hydroxyl groups is 1. The summed E-state index contributed by atoms with van der Waals surface area (Å²) in [4.78, 5) is 11.7. The third-order valence-electron chi connectivity index (χ3n) is 3.04. The second kappa shape index (κ2) is 5.47.